The van der Waals surface area contributed by atoms with Crippen LogP contribution in [0.15, 0.2) is 60.2 Å². The van der Waals surface area contributed by atoms with Crippen molar-refractivity contribution in [3.05, 3.63) is 65.8 Å². The van der Waals surface area contributed by atoms with Crippen LogP contribution in [0.5, 0.6) is 0 Å². The second-order valence-corrected chi connectivity index (χ2v) is 3.62. The molecule has 1 amide bonds. The maximum atomic E-state index is 11.9. The molecule has 0 saturated heterocycles. The number of hydrogen-bond acceptors (Lipinski definition) is 2. The van der Waals surface area contributed by atoms with E-state index in [1.807, 2.05) is 12.0 Å². The van der Waals surface area contributed by atoms with Gasteiger partial charge in [-0.25, -0.2) is 4.79 Å². The van der Waals surface area contributed by atoms with Crippen molar-refractivity contribution in [1.82, 2.24) is 5.32 Å². The molecule has 0 heterocycles. The first kappa shape index (κ1) is 11.1. The summed E-state index contributed by atoms with van der Waals surface area (Å²) in [5.74, 6) is 1.62. The monoisotopic (exact) mass is 225 g/mol. The summed E-state index contributed by atoms with van der Waals surface area (Å²) in [5.41, 5.74) is 0.998. The Morgan fingerprint density at radius 3 is 2.65 bits per heavy atom. The number of nitrogens with one attached hydrogen (secondary N) is 1. The number of benzene rings is 1. The van der Waals surface area contributed by atoms with E-state index >= 15 is 0 Å². The molecule has 0 aliphatic heterocycles. The molecule has 1 aromatic rings. The Labute approximate surface area is 99.1 Å². The Kier molecular flexibility index (Phi) is 3.34. The van der Waals surface area contributed by atoms with Gasteiger partial charge in [0.15, 0.2) is 0 Å². The van der Waals surface area contributed by atoms with Crippen LogP contribution in [0.2, 0.25) is 0 Å². The molecule has 0 fully saturated rings. The van der Waals surface area contributed by atoms with Crippen LogP contribution in [0.1, 0.15) is 10.4 Å². The molecule has 0 saturated carbocycles. The van der Waals surface area contributed by atoms with Gasteiger partial charge in [0.1, 0.15) is 5.94 Å². The van der Waals surface area contributed by atoms with Gasteiger partial charge in [0.05, 0.1) is 11.6 Å². The number of carbonyl (C=O) groups excluding carboxylic acids is 2. The van der Waals surface area contributed by atoms with E-state index in [1.54, 1.807) is 48.6 Å². The Hall–Kier alpha value is -2.38. The first-order chi connectivity index (χ1) is 8.31. The number of allylic oxidation sites excluding steroid dienone is 2. The van der Waals surface area contributed by atoms with Crippen LogP contribution in [0.3, 0.4) is 0 Å². The van der Waals surface area contributed by atoms with E-state index in [2.05, 4.69) is 5.32 Å². The highest BCUT2D eigenvalue weighted by Crippen LogP contribution is 2.09. The Bertz CT molecular complexity index is 522. The molecule has 1 aromatic carbocycles. The third kappa shape index (κ3) is 2.60. The van der Waals surface area contributed by atoms with Crippen molar-refractivity contribution in [1.29, 1.82) is 0 Å². The second-order valence-electron chi connectivity index (χ2n) is 3.62. The fourth-order valence-electron chi connectivity index (χ4n) is 1.58. The molecule has 2 rings (SSSR count). The van der Waals surface area contributed by atoms with Gasteiger partial charge in [-0.2, -0.15) is 0 Å². The Morgan fingerprint density at radius 1 is 1.18 bits per heavy atom. The molecule has 17 heavy (non-hydrogen) atoms. The molecular formula is C14H11NO2. The average Bonchev–Trinajstić information content (AvgIpc) is 2.40. The Morgan fingerprint density at radius 2 is 1.94 bits per heavy atom. The van der Waals surface area contributed by atoms with Crippen LogP contribution in [-0.4, -0.2) is 17.9 Å². The molecule has 84 valence electrons. The first-order valence-corrected chi connectivity index (χ1v) is 5.27. The minimum Gasteiger partial charge on any atom is -0.341 e. The van der Waals surface area contributed by atoms with Crippen molar-refractivity contribution < 1.29 is 9.59 Å². The zero-order valence-corrected chi connectivity index (χ0v) is 9.09. The van der Waals surface area contributed by atoms with Crippen molar-refractivity contribution in [3.63, 3.8) is 0 Å². The van der Waals surface area contributed by atoms with E-state index in [9.17, 15) is 9.59 Å². The molecule has 1 unspecified atom stereocenters. The normalized spacial score (nSPS) is 17.6. The Balaban J connectivity index is 2.12. The van der Waals surface area contributed by atoms with Gasteiger partial charge in [-0.05, 0) is 18.2 Å². The molecule has 0 spiro atoms. The van der Waals surface area contributed by atoms with Gasteiger partial charge < -0.3 is 5.32 Å². The summed E-state index contributed by atoms with van der Waals surface area (Å²) < 4.78 is 0. The quantitative estimate of drug-likeness (QED) is 0.778. The highest BCUT2D eigenvalue weighted by atomic mass is 16.1. The summed E-state index contributed by atoms with van der Waals surface area (Å²) in [6.07, 6.45) is 6.92. The van der Waals surface area contributed by atoms with Crippen molar-refractivity contribution in [2.45, 2.75) is 6.04 Å². The van der Waals surface area contributed by atoms with Gasteiger partial charge >= 0.3 is 0 Å². The first-order valence-electron chi connectivity index (χ1n) is 5.27. The van der Waals surface area contributed by atoms with Crippen LogP contribution >= 0.6 is 0 Å². The third-order valence-electron chi connectivity index (χ3n) is 2.47. The summed E-state index contributed by atoms with van der Waals surface area (Å²) in [6, 6.07) is 8.48. The highest BCUT2D eigenvalue weighted by molar-refractivity contribution is 5.95. The van der Waals surface area contributed by atoms with E-state index in [1.165, 1.54) is 0 Å². The van der Waals surface area contributed by atoms with Gasteiger partial charge in [0.2, 0.25) is 0 Å². The van der Waals surface area contributed by atoms with E-state index in [0.29, 0.717) is 11.1 Å². The lowest BCUT2D eigenvalue weighted by Crippen LogP contribution is -2.35. The molecule has 1 N–H and O–H groups in total. The summed E-state index contributed by atoms with van der Waals surface area (Å²) in [4.78, 5) is 22.6. The minimum atomic E-state index is -0.398. The highest BCUT2D eigenvalue weighted by Gasteiger charge is 2.15. The fourth-order valence-corrected chi connectivity index (χ4v) is 1.58. The number of carbonyl (C=O) groups is 1. The smallest absolute Gasteiger partial charge is 0.252 e. The fraction of sp³-hybridized carbons (Fsp3) is 0.0714. The van der Waals surface area contributed by atoms with Gasteiger partial charge in [0.25, 0.3) is 5.91 Å². The van der Waals surface area contributed by atoms with Crippen LogP contribution < -0.4 is 5.32 Å². The number of hydrogen-bond donors (Lipinski definition) is 1. The predicted octanol–water partition coefficient (Wildman–Crippen LogP) is 1.67. The maximum absolute atomic E-state index is 11.9. The predicted molar refractivity (Wildman–Crippen MR) is 65.2 cm³/mol. The average molecular weight is 225 g/mol. The molecule has 0 radical (unpaired) electrons. The van der Waals surface area contributed by atoms with Crippen LogP contribution in [0.25, 0.3) is 0 Å². The van der Waals surface area contributed by atoms with E-state index < -0.39 is 6.04 Å². The second kappa shape index (κ2) is 5.10. The minimum absolute atomic E-state index is 0.205. The SMILES string of the molecule is O=C=C1C=CC=CC1NC(=O)c1ccccc1. The lowest BCUT2D eigenvalue weighted by Gasteiger charge is -2.15. The van der Waals surface area contributed by atoms with Gasteiger partial charge in [-0.1, -0.05) is 36.4 Å². The molecule has 3 nitrogen and oxygen atoms in total. The molecule has 1 aliphatic carbocycles. The largest absolute Gasteiger partial charge is 0.341 e. The van der Waals surface area contributed by atoms with Gasteiger partial charge in [0, 0.05) is 5.56 Å². The number of rotatable bonds is 2. The van der Waals surface area contributed by atoms with Crippen LogP contribution in [0, 0.1) is 0 Å². The third-order valence-corrected chi connectivity index (χ3v) is 2.47. The lowest BCUT2D eigenvalue weighted by molar-refractivity contribution is 0.0949. The standard InChI is InChI=1S/C14H11NO2/c16-10-12-8-4-5-9-13(12)15-14(17)11-6-2-1-3-7-11/h1-9,13H,(H,15,17). The summed E-state index contributed by atoms with van der Waals surface area (Å²) >= 11 is 0. The summed E-state index contributed by atoms with van der Waals surface area (Å²) in [6.45, 7) is 0. The van der Waals surface area contributed by atoms with Crippen LogP contribution in [-0.2, 0) is 4.79 Å². The van der Waals surface area contributed by atoms with Crippen molar-refractivity contribution in [2.24, 2.45) is 0 Å². The van der Waals surface area contributed by atoms with E-state index in [-0.39, 0.29) is 5.91 Å². The zero-order chi connectivity index (χ0) is 12.1. The van der Waals surface area contributed by atoms with E-state index in [4.69, 9.17) is 0 Å². The molecule has 3 heteroatoms. The van der Waals surface area contributed by atoms with Crippen molar-refractivity contribution in [3.8, 4) is 0 Å². The number of amides is 1. The maximum Gasteiger partial charge on any atom is 0.252 e. The van der Waals surface area contributed by atoms with Gasteiger partial charge in [-0.15, -0.1) is 0 Å². The van der Waals surface area contributed by atoms with Crippen molar-refractivity contribution in [2.75, 3.05) is 0 Å². The summed E-state index contributed by atoms with van der Waals surface area (Å²) in [7, 11) is 0. The van der Waals surface area contributed by atoms with Gasteiger partial charge in [-0.3, -0.25) is 4.79 Å². The molecule has 0 bridgehead atoms. The molecule has 1 atom stereocenters. The topological polar surface area (TPSA) is 46.2 Å². The molecule has 1 aliphatic rings. The van der Waals surface area contributed by atoms with Crippen LogP contribution in [0.4, 0.5) is 0 Å². The summed E-state index contributed by atoms with van der Waals surface area (Å²) in [5, 5.41) is 2.76. The molecular weight excluding hydrogens is 214 g/mol. The van der Waals surface area contributed by atoms with E-state index in [0.717, 1.165) is 0 Å². The molecule has 0 aromatic heterocycles. The van der Waals surface area contributed by atoms with Crippen molar-refractivity contribution >= 4 is 11.8 Å². The lowest BCUT2D eigenvalue weighted by atomic mass is 10.0. The zero-order valence-electron chi connectivity index (χ0n) is 9.09.